The number of H-pyrrole nitrogens is 2. The maximum atomic E-state index is 5.00. The van der Waals surface area contributed by atoms with E-state index in [9.17, 15) is 0 Å². The normalized spacial score (nSPS) is 13.9. The highest BCUT2D eigenvalue weighted by Crippen LogP contribution is 2.25. The van der Waals surface area contributed by atoms with E-state index in [1.807, 2.05) is 0 Å². The Kier molecular flexibility index (Phi) is 3.90. The molecule has 8 bridgehead atoms. The third kappa shape index (κ3) is 2.67. The quantitative estimate of drug-likeness (QED) is 0.577. The molecule has 4 nitrogen and oxygen atoms in total. The molecular formula is C24H26N4. The SMILES string of the molecule is Cc1c2nc(c(C)c3ccc([nH]3)c(C)c3nc(c(C)c4ccc1[nH]4)CC3)CC2. The molecule has 0 saturated heterocycles. The van der Waals surface area contributed by atoms with Crippen LogP contribution in [-0.4, -0.2) is 19.9 Å². The van der Waals surface area contributed by atoms with E-state index in [4.69, 9.17) is 9.97 Å². The van der Waals surface area contributed by atoms with Gasteiger partial charge in [-0.15, -0.1) is 0 Å². The van der Waals surface area contributed by atoms with Gasteiger partial charge in [0.15, 0.2) is 0 Å². The Morgan fingerprint density at radius 2 is 0.750 bits per heavy atom. The Labute approximate surface area is 165 Å². The second kappa shape index (κ2) is 6.33. The minimum atomic E-state index is 0.999. The predicted octanol–water partition coefficient (Wildman–Crippen LogP) is 5.12. The molecule has 0 atom stereocenters. The van der Waals surface area contributed by atoms with Crippen molar-refractivity contribution in [2.24, 2.45) is 0 Å². The Morgan fingerprint density at radius 3 is 1.00 bits per heavy atom. The fourth-order valence-corrected chi connectivity index (χ4v) is 4.40. The van der Waals surface area contributed by atoms with Crippen LogP contribution in [0.1, 0.15) is 45.0 Å². The van der Waals surface area contributed by atoms with Crippen LogP contribution in [0.4, 0.5) is 0 Å². The summed E-state index contributed by atoms with van der Waals surface area (Å²) in [4.78, 5) is 17.2. The highest BCUT2D eigenvalue weighted by Gasteiger charge is 2.15. The summed E-state index contributed by atoms with van der Waals surface area (Å²) in [6.45, 7) is 8.70. The topological polar surface area (TPSA) is 57.4 Å². The van der Waals surface area contributed by atoms with Gasteiger partial charge in [-0.2, -0.15) is 0 Å². The Bertz CT molecular complexity index is 1070. The predicted molar refractivity (Wildman–Crippen MR) is 115 cm³/mol. The lowest BCUT2D eigenvalue weighted by Gasteiger charge is -1.97. The van der Waals surface area contributed by atoms with Crippen LogP contribution in [0.15, 0.2) is 24.3 Å². The largest absolute Gasteiger partial charge is 0.355 e. The molecule has 0 spiro atoms. The van der Waals surface area contributed by atoms with Gasteiger partial charge >= 0.3 is 0 Å². The zero-order valence-electron chi connectivity index (χ0n) is 17.0. The van der Waals surface area contributed by atoms with E-state index in [-0.39, 0.29) is 0 Å². The van der Waals surface area contributed by atoms with Crippen molar-refractivity contribution < 1.29 is 0 Å². The van der Waals surface area contributed by atoms with E-state index in [0.717, 1.165) is 47.8 Å². The molecule has 2 aliphatic heterocycles. The molecule has 3 aromatic rings. The molecule has 0 aliphatic carbocycles. The van der Waals surface area contributed by atoms with Crippen LogP contribution in [0.3, 0.4) is 0 Å². The zero-order valence-corrected chi connectivity index (χ0v) is 17.0. The molecule has 28 heavy (non-hydrogen) atoms. The molecule has 5 rings (SSSR count). The third-order valence-corrected chi connectivity index (χ3v) is 6.46. The summed E-state index contributed by atoms with van der Waals surface area (Å²) in [5.41, 5.74) is 14.4. The lowest BCUT2D eigenvalue weighted by molar-refractivity contribution is 1.00. The van der Waals surface area contributed by atoms with E-state index in [1.165, 1.54) is 45.0 Å². The number of aryl methyl sites for hydroxylation is 8. The van der Waals surface area contributed by atoms with Gasteiger partial charge in [0.25, 0.3) is 0 Å². The maximum Gasteiger partial charge on any atom is 0.0460 e. The Hall–Kier alpha value is -2.88. The fourth-order valence-electron chi connectivity index (χ4n) is 4.40. The third-order valence-electron chi connectivity index (χ3n) is 6.46. The van der Waals surface area contributed by atoms with Gasteiger partial charge in [-0.25, -0.2) is 0 Å². The van der Waals surface area contributed by atoms with Crippen molar-refractivity contribution in [3.8, 4) is 0 Å². The number of fused-ring (bicyclic) bond motifs is 8. The molecular weight excluding hydrogens is 344 g/mol. The van der Waals surface area contributed by atoms with E-state index in [0.29, 0.717) is 0 Å². The van der Waals surface area contributed by atoms with Crippen molar-refractivity contribution >= 4 is 22.1 Å². The highest BCUT2D eigenvalue weighted by atomic mass is 14.8. The lowest BCUT2D eigenvalue weighted by atomic mass is 10.1. The molecule has 5 heterocycles. The Balaban J connectivity index is 1.94. The standard InChI is InChI=1S/C24H26N4/c1-13-17-5-7-19(25-17)14(2)21-9-11-23(27-21)16(4)24-12-10-22(28-24)15(3)20-8-6-18(13)26-20/h5,7,10,12,25,28H,6,8-9,11H2,1-4H3. The van der Waals surface area contributed by atoms with Crippen molar-refractivity contribution in [1.29, 1.82) is 0 Å². The summed E-state index contributed by atoms with van der Waals surface area (Å²) in [6, 6.07) is 8.71. The summed E-state index contributed by atoms with van der Waals surface area (Å²) in [6.07, 6.45) is 4.00. The molecule has 0 unspecified atom stereocenters. The van der Waals surface area contributed by atoms with Crippen LogP contribution in [0, 0.1) is 27.7 Å². The average molecular weight is 371 g/mol. The summed E-state index contributed by atoms with van der Waals surface area (Å²) in [5, 5.41) is 0. The van der Waals surface area contributed by atoms with Crippen molar-refractivity contribution in [2.45, 2.75) is 53.4 Å². The first-order valence-corrected chi connectivity index (χ1v) is 10.1. The first kappa shape index (κ1) is 17.2. The minimum Gasteiger partial charge on any atom is -0.355 e. The minimum absolute atomic E-state index is 0.999. The smallest absolute Gasteiger partial charge is 0.0460 e. The number of nitrogens with zero attached hydrogens (tertiary/aromatic N) is 2. The summed E-state index contributed by atoms with van der Waals surface area (Å²) in [7, 11) is 0. The van der Waals surface area contributed by atoms with Crippen molar-refractivity contribution in [3.63, 3.8) is 0 Å². The number of aromatic amines is 2. The first-order chi connectivity index (χ1) is 13.5. The van der Waals surface area contributed by atoms with Crippen LogP contribution < -0.4 is 0 Å². The molecule has 4 heteroatoms. The van der Waals surface area contributed by atoms with Crippen LogP contribution in [-0.2, 0) is 25.7 Å². The molecule has 2 aliphatic rings. The van der Waals surface area contributed by atoms with Gasteiger partial charge in [-0.1, -0.05) is 0 Å². The number of hydrogen-bond acceptors (Lipinski definition) is 2. The van der Waals surface area contributed by atoms with Gasteiger partial charge < -0.3 is 9.97 Å². The van der Waals surface area contributed by atoms with Gasteiger partial charge in [-0.3, -0.25) is 9.97 Å². The van der Waals surface area contributed by atoms with Gasteiger partial charge in [0.1, 0.15) is 0 Å². The van der Waals surface area contributed by atoms with Gasteiger partial charge in [0.05, 0.1) is 0 Å². The van der Waals surface area contributed by atoms with Gasteiger partial charge in [-0.05, 0) is 99.9 Å². The van der Waals surface area contributed by atoms with Crippen molar-refractivity contribution in [2.75, 3.05) is 0 Å². The van der Waals surface area contributed by atoms with Crippen molar-refractivity contribution in [3.05, 3.63) is 69.3 Å². The molecule has 2 N–H and O–H groups in total. The molecule has 0 radical (unpaired) electrons. The van der Waals surface area contributed by atoms with E-state index in [2.05, 4.69) is 61.9 Å². The number of hydrogen-bond donors (Lipinski definition) is 2. The second-order valence-electron chi connectivity index (χ2n) is 8.08. The van der Waals surface area contributed by atoms with Crippen LogP contribution in [0.25, 0.3) is 22.1 Å². The maximum absolute atomic E-state index is 5.00. The molecule has 0 amide bonds. The number of rotatable bonds is 0. The molecule has 0 aromatic carbocycles. The number of nitrogens with one attached hydrogen (secondary N) is 2. The van der Waals surface area contributed by atoms with Crippen LogP contribution in [0.5, 0.6) is 0 Å². The van der Waals surface area contributed by atoms with Crippen LogP contribution >= 0.6 is 0 Å². The molecule has 0 saturated carbocycles. The highest BCUT2D eigenvalue weighted by molar-refractivity contribution is 5.69. The number of aromatic nitrogens is 4. The second-order valence-corrected chi connectivity index (χ2v) is 8.08. The zero-order chi connectivity index (χ0) is 19.4. The molecule has 0 fully saturated rings. The summed E-state index contributed by atoms with van der Waals surface area (Å²) in [5.74, 6) is 0. The van der Waals surface area contributed by atoms with E-state index in [1.54, 1.807) is 0 Å². The summed E-state index contributed by atoms with van der Waals surface area (Å²) < 4.78 is 0. The molecule has 3 aromatic heterocycles. The van der Waals surface area contributed by atoms with Crippen molar-refractivity contribution in [1.82, 2.24) is 19.9 Å². The average Bonchev–Trinajstić information content (AvgIpc) is 3.49. The lowest BCUT2D eigenvalue weighted by Crippen LogP contribution is -1.86. The summed E-state index contributed by atoms with van der Waals surface area (Å²) >= 11 is 0. The fraction of sp³-hybridized carbons (Fsp3) is 0.333. The molecule has 142 valence electrons. The van der Waals surface area contributed by atoms with Gasteiger partial charge in [0.2, 0.25) is 0 Å². The van der Waals surface area contributed by atoms with Gasteiger partial charge in [0, 0.05) is 44.8 Å². The van der Waals surface area contributed by atoms with Crippen LogP contribution in [0.2, 0.25) is 0 Å². The van der Waals surface area contributed by atoms with E-state index < -0.39 is 0 Å². The monoisotopic (exact) mass is 370 g/mol. The van der Waals surface area contributed by atoms with E-state index >= 15 is 0 Å². The Morgan fingerprint density at radius 1 is 0.500 bits per heavy atom. The first-order valence-electron chi connectivity index (χ1n) is 10.1.